The number of hydrogen-bond donors (Lipinski definition) is 1. The Morgan fingerprint density at radius 2 is 2.12 bits per heavy atom. The van der Waals surface area contributed by atoms with Gasteiger partial charge in [0.05, 0.1) is 17.6 Å². The van der Waals surface area contributed by atoms with Gasteiger partial charge in [-0.05, 0) is 49.9 Å². The lowest BCUT2D eigenvalue weighted by Gasteiger charge is -2.04. The summed E-state index contributed by atoms with van der Waals surface area (Å²) in [5.74, 6) is 1.76. The highest BCUT2D eigenvalue weighted by Gasteiger charge is 2.42. The van der Waals surface area contributed by atoms with Crippen molar-refractivity contribution in [2.24, 2.45) is 0 Å². The summed E-state index contributed by atoms with van der Waals surface area (Å²) in [6.45, 7) is 4.81. The van der Waals surface area contributed by atoms with Gasteiger partial charge in [-0.25, -0.2) is 0 Å². The van der Waals surface area contributed by atoms with Gasteiger partial charge in [-0.2, -0.15) is 19.8 Å². The molecule has 4 aromatic rings. The molecule has 8 nitrogen and oxygen atoms in total. The molecule has 2 unspecified atom stereocenters. The third-order valence-corrected chi connectivity index (χ3v) is 4.90. The summed E-state index contributed by atoms with van der Waals surface area (Å²) >= 11 is 0. The fourth-order valence-electron chi connectivity index (χ4n) is 3.45. The molecule has 0 aliphatic heterocycles. The van der Waals surface area contributed by atoms with E-state index < -0.39 is 0 Å². The summed E-state index contributed by atoms with van der Waals surface area (Å²) in [6, 6.07) is 6.10. The molecule has 8 heteroatoms. The molecule has 1 fully saturated rings. The molecular formula is C17H18N8. The molecule has 0 bridgehead atoms. The van der Waals surface area contributed by atoms with Gasteiger partial charge >= 0.3 is 0 Å². The van der Waals surface area contributed by atoms with Crippen LogP contribution in [0, 0.1) is 6.92 Å². The third-order valence-electron chi connectivity index (χ3n) is 4.90. The van der Waals surface area contributed by atoms with Crippen LogP contribution in [0.15, 0.2) is 30.6 Å². The zero-order valence-corrected chi connectivity index (χ0v) is 14.1. The molecule has 1 aliphatic rings. The van der Waals surface area contributed by atoms with Gasteiger partial charge in [0.2, 0.25) is 0 Å². The van der Waals surface area contributed by atoms with Crippen LogP contribution in [-0.2, 0) is 6.54 Å². The van der Waals surface area contributed by atoms with Crippen molar-refractivity contribution in [3.8, 4) is 11.4 Å². The van der Waals surface area contributed by atoms with Crippen LogP contribution < -0.4 is 0 Å². The number of nitrogens with zero attached hydrogens (tertiary/aromatic N) is 7. The average molecular weight is 334 g/mol. The fraction of sp³-hybridized carbons (Fsp3) is 0.353. The van der Waals surface area contributed by atoms with E-state index in [1.807, 2.05) is 36.1 Å². The average Bonchev–Trinajstić information content (AvgIpc) is 3.03. The monoisotopic (exact) mass is 334 g/mol. The second kappa shape index (κ2) is 5.23. The summed E-state index contributed by atoms with van der Waals surface area (Å²) in [5.41, 5.74) is 5.07. The first kappa shape index (κ1) is 14.3. The predicted octanol–water partition coefficient (Wildman–Crippen LogP) is 2.31. The summed E-state index contributed by atoms with van der Waals surface area (Å²) in [7, 11) is 0. The van der Waals surface area contributed by atoms with Crippen molar-refractivity contribution in [1.29, 1.82) is 0 Å². The first-order valence-electron chi connectivity index (χ1n) is 8.50. The molecule has 4 aromatic heterocycles. The molecule has 1 N–H and O–H groups in total. The van der Waals surface area contributed by atoms with Crippen LogP contribution in [0.1, 0.15) is 42.3 Å². The van der Waals surface area contributed by atoms with Gasteiger partial charge in [0.15, 0.2) is 11.5 Å². The Kier molecular flexibility index (Phi) is 3.00. The topological polar surface area (TPSA) is 89.6 Å². The lowest BCUT2D eigenvalue weighted by molar-refractivity contribution is 0.650. The van der Waals surface area contributed by atoms with Crippen LogP contribution in [-0.4, -0.2) is 39.8 Å². The normalized spacial score (nSPS) is 19.6. The third kappa shape index (κ3) is 2.25. The van der Waals surface area contributed by atoms with Crippen LogP contribution in [0.4, 0.5) is 0 Å². The number of aromatic amines is 1. The molecule has 4 heterocycles. The summed E-state index contributed by atoms with van der Waals surface area (Å²) < 4.78 is 3.79. The molecule has 2 atom stereocenters. The highest BCUT2D eigenvalue weighted by Crippen LogP contribution is 2.54. The van der Waals surface area contributed by atoms with Gasteiger partial charge in [-0.1, -0.05) is 0 Å². The molecular weight excluding hydrogens is 316 g/mol. The zero-order valence-electron chi connectivity index (χ0n) is 14.1. The quantitative estimate of drug-likeness (QED) is 0.618. The number of nitrogens with one attached hydrogen (secondary N) is 1. The zero-order chi connectivity index (χ0) is 17.0. The van der Waals surface area contributed by atoms with Crippen LogP contribution in [0.3, 0.4) is 0 Å². The highest BCUT2D eigenvalue weighted by molar-refractivity contribution is 5.57. The highest BCUT2D eigenvalue weighted by atomic mass is 15.4. The van der Waals surface area contributed by atoms with Crippen LogP contribution in [0.2, 0.25) is 0 Å². The SMILES string of the molecule is CCn1nc(C2CC2c2cn[nH]c2)cc1-c1ccc2nnc(C)n2n1. The molecule has 5 rings (SSSR count). The minimum Gasteiger partial charge on any atom is -0.285 e. The van der Waals surface area contributed by atoms with Crippen LogP contribution in [0.5, 0.6) is 0 Å². The Morgan fingerprint density at radius 1 is 1.20 bits per heavy atom. The van der Waals surface area contributed by atoms with E-state index >= 15 is 0 Å². The van der Waals surface area contributed by atoms with Gasteiger partial charge in [-0.15, -0.1) is 10.2 Å². The van der Waals surface area contributed by atoms with E-state index in [0.29, 0.717) is 11.8 Å². The number of rotatable bonds is 4. The molecule has 25 heavy (non-hydrogen) atoms. The van der Waals surface area contributed by atoms with Crippen LogP contribution in [0.25, 0.3) is 17.0 Å². The minimum atomic E-state index is 0.463. The van der Waals surface area contributed by atoms with E-state index in [-0.39, 0.29) is 0 Å². The van der Waals surface area contributed by atoms with Crippen molar-refractivity contribution >= 4 is 5.65 Å². The molecule has 0 saturated heterocycles. The molecule has 0 amide bonds. The van der Waals surface area contributed by atoms with Gasteiger partial charge in [0.1, 0.15) is 5.69 Å². The van der Waals surface area contributed by atoms with Crippen molar-refractivity contribution < 1.29 is 0 Å². The van der Waals surface area contributed by atoms with E-state index in [1.165, 1.54) is 5.56 Å². The van der Waals surface area contributed by atoms with Crippen molar-refractivity contribution in [2.45, 2.75) is 38.6 Å². The van der Waals surface area contributed by atoms with Crippen molar-refractivity contribution in [2.75, 3.05) is 0 Å². The van der Waals surface area contributed by atoms with E-state index in [2.05, 4.69) is 33.4 Å². The molecule has 1 saturated carbocycles. The summed E-state index contributed by atoms with van der Waals surface area (Å²) in [4.78, 5) is 0. The van der Waals surface area contributed by atoms with Gasteiger partial charge in [0.25, 0.3) is 0 Å². The first-order chi connectivity index (χ1) is 12.2. The largest absolute Gasteiger partial charge is 0.285 e. The Bertz CT molecular complexity index is 1040. The second-order valence-electron chi connectivity index (χ2n) is 6.49. The minimum absolute atomic E-state index is 0.463. The number of hydrogen-bond acceptors (Lipinski definition) is 5. The first-order valence-corrected chi connectivity index (χ1v) is 8.50. The van der Waals surface area contributed by atoms with E-state index in [0.717, 1.165) is 41.5 Å². The van der Waals surface area contributed by atoms with E-state index in [9.17, 15) is 0 Å². The molecule has 0 aromatic carbocycles. The maximum Gasteiger partial charge on any atom is 0.177 e. The summed E-state index contributed by atoms with van der Waals surface area (Å²) in [6.07, 6.45) is 5.01. The molecule has 0 radical (unpaired) electrons. The Hall–Kier alpha value is -3.03. The Labute approximate surface area is 143 Å². The maximum absolute atomic E-state index is 4.82. The van der Waals surface area contributed by atoms with Crippen LogP contribution >= 0.6 is 0 Å². The number of fused-ring (bicyclic) bond motifs is 1. The lowest BCUT2D eigenvalue weighted by atomic mass is 10.1. The standard InChI is InChI=1S/C17H18N8/c1-3-24-16(14-4-5-17-21-20-10(2)25(17)23-14)7-15(22-24)13-6-12(13)11-8-18-19-9-11/h4-5,7-9,12-13H,3,6H2,1-2H3,(H,18,19). The maximum atomic E-state index is 4.82. The van der Waals surface area contributed by atoms with Crippen molar-refractivity contribution in [1.82, 2.24) is 39.8 Å². The number of H-pyrrole nitrogens is 1. The Balaban J connectivity index is 1.53. The van der Waals surface area contributed by atoms with E-state index in [4.69, 9.17) is 10.2 Å². The summed E-state index contributed by atoms with van der Waals surface area (Å²) in [5, 5.41) is 24.6. The van der Waals surface area contributed by atoms with Gasteiger partial charge in [0, 0.05) is 18.7 Å². The second-order valence-corrected chi connectivity index (χ2v) is 6.49. The molecule has 0 spiro atoms. The van der Waals surface area contributed by atoms with Gasteiger partial charge in [-0.3, -0.25) is 9.78 Å². The van der Waals surface area contributed by atoms with Gasteiger partial charge < -0.3 is 0 Å². The van der Waals surface area contributed by atoms with E-state index in [1.54, 1.807) is 4.52 Å². The van der Waals surface area contributed by atoms with Crippen molar-refractivity contribution in [3.05, 3.63) is 47.7 Å². The fourth-order valence-corrected chi connectivity index (χ4v) is 3.45. The number of aryl methyl sites for hydroxylation is 2. The molecule has 126 valence electrons. The predicted molar refractivity (Wildman–Crippen MR) is 91.1 cm³/mol. The Morgan fingerprint density at radius 3 is 2.92 bits per heavy atom. The van der Waals surface area contributed by atoms with Crippen molar-refractivity contribution in [3.63, 3.8) is 0 Å². The smallest absolute Gasteiger partial charge is 0.177 e. The molecule has 1 aliphatic carbocycles. The lowest BCUT2D eigenvalue weighted by Crippen LogP contribution is -2.03. The number of aromatic nitrogens is 8.